The van der Waals surface area contributed by atoms with Gasteiger partial charge in [-0.25, -0.2) is 0 Å². The zero-order valence-electron chi connectivity index (χ0n) is 12.5. The molecule has 1 aliphatic rings. The van der Waals surface area contributed by atoms with Gasteiger partial charge in [0.1, 0.15) is 6.10 Å². The lowest BCUT2D eigenvalue weighted by Gasteiger charge is -2.12. The fourth-order valence-corrected chi connectivity index (χ4v) is 2.13. The molecule has 1 aromatic rings. The van der Waals surface area contributed by atoms with Gasteiger partial charge in [0.25, 0.3) is 0 Å². The second-order valence-electron chi connectivity index (χ2n) is 5.56. The first kappa shape index (κ1) is 15.5. The fourth-order valence-electron chi connectivity index (χ4n) is 2.13. The van der Waals surface area contributed by atoms with Crippen LogP contribution in [-0.2, 0) is 20.9 Å². The van der Waals surface area contributed by atoms with E-state index in [0.29, 0.717) is 13.2 Å². The third kappa shape index (κ3) is 4.56. The van der Waals surface area contributed by atoms with E-state index in [1.165, 1.54) is 0 Å². The zero-order valence-corrected chi connectivity index (χ0v) is 12.5. The molecule has 0 aromatic heterocycles. The largest absolute Gasteiger partial charge is 0.368 e. The normalized spacial score (nSPS) is 17.8. The summed E-state index contributed by atoms with van der Waals surface area (Å²) in [4.78, 5) is 23.5. The Bertz CT molecular complexity index is 508. The maximum Gasteiger partial charge on any atom is 0.249 e. The number of hydrogen-bond acceptors (Lipinski definition) is 3. The van der Waals surface area contributed by atoms with Gasteiger partial charge in [0.15, 0.2) is 0 Å². The Labute approximate surface area is 125 Å². The number of nitrogens with one attached hydrogen (secondary N) is 2. The number of hydrogen-bond donors (Lipinski definition) is 2. The smallest absolute Gasteiger partial charge is 0.249 e. The van der Waals surface area contributed by atoms with Crippen molar-refractivity contribution in [3.63, 3.8) is 0 Å². The quantitative estimate of drug-likeness (QED) is 0.872. The summed E-state index contributed by atoms with van der Waals surface area (Å²) in [5.74, 6) is -0.146. The van der Waals surface area contributed by atoms with E-state index in [0.717, 1.165) is 24.1 Å². The predicted molar refractivity (Wildman–Crippen MR) is 80.7 cm³/mol. The van der Waals surface area contributed by atoms with E-state index in [-0.39, 0.29) is 23.8 Å². The molecule has 1 atom stereocenters. The first-order valence-electron chi connectivity index (χ1n) is 7.35. The molecule has 1 fully saturated rings. The molecule has 0 saturated carbocycles. The zero-order chi connectivity index (χ0) is 15.2. The third-order valence-electron chi connectivity index (χ3n) is 3.41. The lowest BCUT2D eigenvalue weighted by Crippen LogP contribution is -2.33. The first-order valence-corrected chi connectivity index (χ1v) is 7.35. The number of carbonyl (C=O) groups is 2. The molecular weight excluding hydrogens is 268 g/mol. The van der Waals surface area contributed by atoms with Gasteiger partial charge in [0, 0.05) is 24.8 Å². The minimum absolute atomic E-state index is 0.0180. The third-order valence-corrected chi connectivity index (χ3v) is 3.41. The van der Waals surface area contributed by atoms with Gasteiger partial charge in [-0.1, -0.05) is 26.0 Å². The Kier molecular flexibility index (Phi) is 5.33. The second kappa shape index (κ2) is 7.22. The lowest BCUT2D eigenvalue weighted by atomic mass is 10.1. The van der Waals surface area contributed by atoms with Crippen molar-refractivity contribution in [1.29, 1.82) is 0 Å². The van der Waals surface area contributed by atoms with Crippen LogP contribution in [0.25, 0.3) is 0 Å². The monoisotopic (exact) mass is 290 g/mol. The minimum atomic E-state index is -0.311. The van der Waals surface area contributed by atoms with E-state index in [2.05, 4.69) is 10.6 Å². The van der Waals surface area contributed by atoms with Crippen LogP contribution in [0.5, 0.6) is 0 Å². The Morgan fingerprint density at radius 3 is 2.86 bits per heavy atom. The average molecular weight is 290 g/mol. The number of amides is 2. The summed E-state index contributed by atoms with van der Waals surface area (Å²) in [7, 11) is 0. The number of ether oxygens (including phenoxy) is 1. The highest BCUT2D eigenvalue weighted by atomic mass is 16.5. The van der Waals surface area contributed by atoms with Crippen LogP contribution in [-0.4, -0.2) is 24.5 Å². The van der Waals surface area contributed by atoms with Crippen LogP contribution in [0.4, 0.5) is 5.69 Å². The number of rotatable bonds is 5. The van der Waals surface area contributed by atoms with Gasteiger partial charge in [0.2, 0.25) is 11.8 Å². The molecule has 2 amide bonds. The van der Waals surface area contributed by atoms with Gasteiger partial charge in [-0.05, 0) is 30.5 Å². The van der Waals surface area contributed by atoms with Gasteiger partial charge < -0.3 is 15.4 Å². The summed E-state index contributed by atoms with van der Waals surface area (Å²) in [5, 5.41) is 5.72. The van der Waals surface area contributed by atoms with E-state index in [4.69, 9.17) is 4.74 Å². The molecule has 1 aliphatic heterocycles. The van der Waals surface area contributed by atoms with Gasteiger partial charge in [-0.15, -0.1) is 0 Å². The molecule has 0 radical (unpaired) electrons. The van der Waals surface area contributed by atoms with E-state index in [1.54, 1.807) is 0 Å². The highest BCUT2D eigenvalue weighted by Crippen LogP contribution is 2.14. The van der Waals surface area contributed by atoms with Crippen molar-refractivity contribution < 1.29 is 14.3 Å². The highest BCUT2D eigenvalue weighted by Gasteiger charge is 2.22. The molecule has 0 unspecified atom stereocenters. The molecule has 0 bridgehead atoms. The van der Waals surface area contributed by atoms with Crippen LogP contribution in [0, 0.1) is 5.92 Å². The summed E-state index contributed by atoms with van der Waals surface area (Å²) < 4.78 is 5.34. The lowest BCUT2D eigenvalue weighted by molar-refractivity contribution is -0.130. The molecule has 1 heterocycles. The maximum absolute atomic E-state index is 11.9. The van der Waals surface area contributed by atoms with Crippen molar-refractivity contribution in [2.24, 2.45) is 5.92 Å². The molecule has 5 nitrogen and oxygen atoms in total. The minimum Gasteiger partial charge on any atom is -0.368 e. The van der Waals surface area contributed by atoms with E-state index in [9.17, 15) is 9.59 Å². The Balaban J connectivity index is 1.88. The average Bonchev–Trinajstić information content (AvgIpc) is 2.99. The summed E-state index contributed by atoms with van der Waals surface area (Å²) >= 11 is 0. The van der Waals surface area contributed by atoms with Crippen LogP contribution in [0.2, 0.25) is 0 Å². The van der Waals surface area contributed by atoms with E-state index < -0.39 is 0 Å². The molecule has 0 aliphatic carbocycles. The molecule has 2 rings (SSSR count). The highest BCUT2D eigenvalue weighted by molar-refractivity contribution is 5.92. The van der Waals surface area contributed by atoms with Crippen molar-refractivity contribution in [3.05, 3.63) is 29.8 Å². The number of anilines is 1. The number of benzene rings is 1. The Morgan fingerprint density at radius 2 is 2.19 bits per heavy atom. The summed E-state index contributed by atoms with van der Waals surface area (Å²) in [6.07, 6.45) is 1.42. The van der Waals surface area contributed by atoms with Gasteiger partial charge in [-0.3, -0.25) is 9.59 Å². The van der Waals surface area contributed by atoms with Crippen LogP contribution in [0.15, 0.2) is 24.3 Å². The maximum atomic E-state index is 11.9. The van der Waals surface area contributed by atoms with Crippen molar-refractivity contribution in [3.8, 4) is 0 Å². The van der Waals surface area contributed by atoms with Crippen LogP contribution in [0.1, 0.15) is 32.3 Å². The van der Waals surface area contributed by atoms with Crippen LogP contribution < -0.4 is 10.6 Å². The second-order valence-corrected chi connectivity index (χ2v) is 5.56. The van der Waals surface area contributed by atoms with Crippen LogP contribution >= 0.6 is 0 Å². The number of carbonyl (C=O) groups excluding carboxylic acids is 2. The van der Waals surface area contributed by atoms with Crippen molar-refractivity contribution in [1.82, 2.24) is 5.32 Å². The molecule has 2 N–H and O–H groups in total. The van der Waals surface area contributed by atoms with Gasteiger partial charge >= 0.3 is 0 Å². The molecular formula is C16H22N2O3. The Hall–Kier alpha value is -1.88. The first-order chi connectivity index (χ1) is 10.1. The summed E-state index contributed by atoms with van der Waals surface area (Å²) in [5.41, 5.74) is 1.69. The topological polar surface area (TPSA) is 67.4 Å². The molecule has 114 valence electrons. The van der Waals surface area contributed by atoms with E-state index in [1.807, 2.05) is 38.1 Å². The van der Waals surface area contributed by atoms with Crippen molar-refractivity contribution >= 4 is 17.5 Å². The SMILES string of the molecule is CC(C)C(=O)Nc1cccc(CNC(=O)[C@H]2CCCO2)c1. The van der Waals surface area contributed by atoms with E-state index >= 15 is 0 Å². The Morgan fingerprint density at radius 1 is 1.38 bits per heavy atom. The van der Waals surface area contributed by atoms with Gasteiger partial charge in [0.05, 0.1) is 0 Å². The molecule has 1 saturated heterocycles. The van der Waals surface area contributed by atoms with Crippen molar-refractivity contribution in [2.75, 3.05) is 11.9 Å². The summed E-state index contributed by atoms with van der Waals surface area (Å²) in [6, 6.07) is 7.49. The molecule has 21 heavy (non-hydrogen) atoms. The van der Waals surface area contributed by atoms with Gasteiger partial charge in [-0.2, -0.15) is 0 Å². The van der Waals surface area contributed by atoms with Crippen molar-refractivity contribution in [2.45, 2.75) is 39.3 Å². The fraction of sp³-hybridized carbons (Fsp3) is 0.500. The standard InChI is InChI=1S/C16H22N2O3/c1-11(2)15(19)18-13-6-3-5-12(9-13)10-17-16(20)14-7-4-8-21-14/h3,5-6,9,11,14H,4,7-8,10H2,1-2H3,(H,17,20)(H,18,19)/t14-/m1/s1. The molecule has 5 heteroatoms. The predicted octanol–water partition coefficient (Wildman–Crippen LogP) is 2.08. The molecule has 0 spiro atoms. The summed E-state index contributed by atoms with van der Waals surface area (Å²) in [6.45, 7) is 4.79. The van der Waals surface area contributed by atoms with Crippen LogP contribution in [0.3, 0.4) is 0 Å². The molecule has 1 aromatic carbocycles.